The summed E-state index contributed by atoms with van der Waals surface area (Å²) in [7, 11) is 0. The molecule has 2 saturated heterocycles. The summed E-state index contributed by atoms with van der Waals surface area (Å²) in [6.07, 6.45) is -0.107. The number of hydrogen-bond acceptors (Lipinski definition) is 6. The van der Waals surface area contributed by atoms with Crippen LogP contribution in [0, 0.1) is 40.4 Å². The van der Waals surface area contributed by atoms with Crippen molar-refractivity contribution in [3.8, 4) is 0 Å². The number of rotatable bonds is 1. The number of esters is 4. The third kappa shape index (κ3) is 3.00. The Morgan fingerprint density at radius 3 is 1.92 bits per heavy atom. The van der Waals surface area contributed by atoms with Crippen LogP contribution in [0.5, 0.6) is 0 Å². The maximum Gasteiger partial charge on any atom is 0.320 e. The van der Waals surface area contributed by atoms with Gasteiger partial charge in [-0.25, -0.2) is 0 Å². The summed E-state index contributed by atoms with van der Waals surface area (Å²) in [6, 6.07) is 0. The molecular weight excluding hydrogens is 324 g/mol. The van der Waals surface area contributed by atoms with Gasteiger partial charge in [-0.15, -0.1) is 0 Å². The summed E-state index contributed by atoms with van der Waals surface area (Å²) in [6.45, 7) is 12.9. The van der Waals surface area contributed by atoms with Crippen molar-refractivity contribution in [3.05, 3.63) is 0 Å². The van der Waals surface area contributed by atoms with E-state index >= 15 is 0 Å². The minimum absolute atomic E-state index is 0.107. The molecule has 0 aromatic heterocycles. The van der Waals surface area contributed by atoms with Gasteiger partial charge >= 0.3 is 23.9 Å². The molecule has 6 heteroatoms. The highest BCUT2D eigenvalue weighted by Crippen LogP contribution is 2.55. The number of carbonyl (C=O) groups is 4. The van der Waals surface area contributed by atoms with Crippen LogP contribution in [0.3, 0.4) is 0 Å². The Morgan fingerprint density at radius 2 is 1.52 bits per heavy atom. The Balaban J connectivity index is 2.69. The standard InChI is InChI=1S/C19H28O6/c1-9(2)13-10(3)19(8-12(20)24-17(19)23)11(4)14(18(5,6)7)16(22)25-15(13)21/h9-11,13-14H,8H2,1-7H3. The van der Waals surface area contributed by atoms with E-state index in [4.69, 9.17) is 9.47 Å². The van der Waals surface area contributed by atoms with Crippen LogP contribution in [0.25, 0.3) is 0 Å². The molecule has 2 heterocycles. The van der Waals surface area contributed by atoms with Gasteiger partial charge in [-0.3, -0.25) is 19.2 Å². The molecule has 6 nitrogen and oxygen atoms in total. The van der Waals surface area contributed by atoms with Crippen LogP contribution in [0.4, 0.5) is 0 Å². The molecule has 2 aliphatic heterocycles. The van der Waals surface area contributed by atoms with Crippen LogP contribution in [0.1, 0.15) is 54.9 Å². The summed E-state index contributed by atoms with van der Waals surface area (Å²) in [5.74, 6) is -4.96. The van der Waals surface area contributed by atoms with E-state index in [0.29, 0.717) is 0 Å². The monoisotopic (exact) mass is 352 g/mol. The van der Waals surface area contributed by atoms with Crippen LogP contribution in [0.2, 0.25) is 0 Å². The van der Waals surface area contributed by atoms with Gasteiger partial charge in [0.25, 0.3) is 0 Å². The third-order valence-corrected chi connectivity index (χ3v) is 6.07. The second-order valence-corrected chi connectivity index (χ2v) is 8.91. The highest BCUT2D eigenvalue weighted by molar-refractivity contribution is 5.99. The van der Waals surface area contributed by atoms with E-state index in [0.717, 1.165) is 0 Å². The van der Waals surface area contributed by atoms with Gasteiger partial charge in [0.15, 0.2) is 0 Å². The third-order valence-electron chi connectivity index (χ3n) is 6.07. The molecular formula is C19H28O6. The lowest BCUT2D eigenvalue weighted by Gasteiger charge is -2.47. The lowest BCUT2D eigenvalue weighted by atomic mass is 9.54. The van der Waals surface area contributed by atoms with E-state index in [9.17, 15) is 19.2 Å². The Morgan fingerprint density at radius 1 is 0.960 bits per heavy atom. The zero-order valence-corrected chi connectivity index (χ0v) is 16.0. The van der Waals surface area contributed by atoms with Crippen molar-refractivity contribution in [2.24, 2.45) is 40.4 Å². The predicted octanol–water partition coefficient (Wildman–Crippen LogP) is 2.74. The van der Waals surface area contributed by atoms with E-state index in [-0.39, 0.29) is 12.3 Å². The van der Waals surface area contributed by atoms with Gasteiger partial charge in [0.05, 0.1) is 23.7 Å². The fourth-order valence-corrected chi connectivity index (χ4v) is 4.86. The van der Waals surface area contributed by atoms with Gasteiger partial charge in [0.2, 0.25) is 0 Å². The fourth-order valence-electron chi connectivity index (χ4n) is 4.86. The molecule has 140 valence electrons. The molecule has 5 unspecified atom stereocenters. The van der Waals surface area contributed by atoms with Crippen molar-refractivity contribution in [1.82, 2.24) is 0 Å². The lowest BCUT2D eigenvalue weighted by molar-refractivity contribution is -0.184. The molecule has 2 aliphatic rings. The summed E-state index contributed by atoms with van der Waals surface area (Å²) in [5, 5.41) is 0. The van der Waals surface area contributed by atoms with Gasteiger partial charge in [-0.05, 0) is 23.2 Å². The number of ether oxygens (including phenoxy) is 2. The van der Waals surface area contributed by atoms with Crippen LogP contribution in [-0.2, 0) is 28.7 Å². The second-order valence-electron chi connectivity index (χ2n) is 8.91. The zero-order chi connectivity index (χ0) is 19.3. The molecule has 0 bridgehead atoms. The molecule has 0 aromatic carbocycles. The normalized spacial score (nSPS) is 37.1. The molecule has 0 aromatic rings. The minimum Gasteiger partial charge on any atom is -0.393 e. The second kappa shape index (κ2) is 6.22. The highest BCUT2D eigenvalue weighted by atomic mass is 16.6. The molecule has 5 atom stereocenters. The number of hydrogen-bond donors (Lipinski definition) is 0. The van der Waals surface area contributed by atoms with E-state index in [1.165, 1.54) is 0 Å². The number of cyclic esters (lactones) is 4. The van der Waals surface area contributed by atoms with Crippen molar-refractivity contribution in [1.29, 1.82) is 0 Å². The quantitative estimate of drug-likeness (QED) is 0.533. The summed E-state index contributed by atoms with van der Waals surface area (Å²) in [5.41, 5.74) is -1.74. The first-order valence-corrected chi connectivity index (χ1v) is 8.84. The maximum atomic E-state index is 12.8. The molecule has 2 rings (SSSR count). The smallest absolute Gasteiger partial charge is 0.320 e. The largest absolute Gasteiger partial charge is 0.393 e. The lowest BCUT2D eigenvalue weighted by Crippen LogP contribution is -2.55. The molecule has 0 amide bonds. The Bertz CT molecular complexity index is 614. The van der Waals surface area contributed by atoms with Crippen LogP contribution in [0.15, 0.2) is 0 Å². The first-order valence-electron chi connectivity index (χ1n) is 8.84. The minimum atomic E-state index is -1.20. The van der Waals surface area contributed by atoms with E-state index < -0.39 is 58.4 Å². The first-order chi connectivity index (χ1) is 11.3. The molecule has 0 N–H and O–H groups in total. The van der Waals surface area contributed by atoms with Crippen LogP contribution in [-0.4, -0.2) is 23.9 Å². The van der Waals surface area contributed by atoms with Crippen molar-refractivity contribution in [2.75, 3.05) is 0 Å². The topological polar surface area (TPSA) is 86.7 Å². The highest BCUT2D eigenvalue weighted by Gasteiger charge is 2.64. The molecule has 0 radical (unpaired) electrons. The van der Waals surface area contributed by atoms with Gasteiger partial charge in [0.1, 0.15) is 0 Å². The maximum absolute atomic E-state index is 12.8. The summed E-state index contributed by atoms with van der Waals surface area (Å²) >= 11 is 0. The van der Waals surface area contributed by atoms with Gasteiger partial charge in [-0.2, -0.15) is 0 Å². The first kappa shape index (κ1) is 19.6. The number of carbonyl (C=O) groups excluding carboxylic acids is 4. The Labute approximate surface area is 148 Å². The van der Waals surface area contributed by atoms with Crippen molar-refractivity contribution < 1.29 is 28.7 Å². The van der Waals surface area contributed by atoms with Gasteiger partial charge in [-0.1, -0.05) is 48.5 Å². The van der Waals surface area contributed by atoms with E-state index in [2.05, 4.69) is 0 Å². The van der Waals surface area contributed by atoms with Gasteiger partial charge in [0, 0.05) is 0 Å². The van der Waals surface area contributed by atoms with Crippen molar-refractivity contribution in [3.63, 3.8) is 0 Å². The van der Waals surface area contributed by atoms with Crippen molar-refractivity contribution in [2.45, 2.75) is 54.9 Å². The predicted molar refractivity (Wildman–Crippen MR) is 88.8 cm³/mol. The SMILES string of the molecule is CC(C)C1C(=O)OC(=O)C(C(C)(C)C)C(C)C2(CC(=O)OC2=O)C1C. The van der Waals surface area contributed by atoms with E-state index in [1.807, 2.05) is 34.6 Å². The summed E-state index contributed by atoms with van der Waals surface area (Å²) in [4.78, 5) is 50.2. The molecule has 0 aliphatic carbocycles. The van der Waals surface area contributed by atoms with Crippen LogP contribution < -0.4 is 0 Å². The van der Waals surface area contributed by atoms with Crippen LogP contribution >= 0.6 is 0 Å². The van der Waals surface area contributed by atoms with E-state index in [1.54, 1.807) is 13.8 Å². The molecule has 1 spiro atoms. The average Bonchev–Trinajstić information content (AvgIpc) is 2.71. The summed E-state index contributed by atoms with van der Waals surface area (Å²) < 4.78 is 10.1. The zero-order valence-electron chi connectivity index (χ0n) is 16.0. The van der Waals surface area contributed by atoms with Crippen molar-refractivity contribution >= 4 is 23.9 Å². The fraction of sp³-hybridized carbons (Fsp3) is 0.789. The molecule has 0 saturated carbocycles. The Hall–Kier alpha value is -1.72. The molecule has 25 heavy (non-hydrogen) atoms. The average molecular weight is 352 g/mol. The molecule has 2 fully saturated rings. The Kier molecular flexibility index (Phi) is 4.88. The van der Waals surface area contributed by atoms with Gasteiger partial charge < -0.3 is 9.47 Å².